The van der Waals surface area contributed by atoms with E-state index in [1.54, 1.807) is 0 Å². The zero-order valence-corrected chi connectivity index (χ0v) is 11.7. The molecule has 0 spiro atoms. The first-order valence-electron chi connectivity index (χ1n) is 6.47. The van der Waals surface area contributed by atoms with Crippen molar-refractivity contribution in [2.75, 3.05) is 7.11 Å². The molecule has 110 valence electrons. The van der Waals surface area contributed by atoms with Crippen LogP contribution in [-0.2, 0) is 0 Å². The van der Waals surface area contributed by atoms with Gasteiger partial charge in [0.2, 0.25) is 5.78 Å². The molecule has 5 nitrogen and oxygen atoms in total. The van der Waals surface area contributed by atoms with Crippen LogP contribution in [-0.4, -0.2) is 28.9 Å². The Morgan fingerprint density at radius 1 is 0.955 bits per heavy atom. The molecule has 0 aliphatic heterocycles. The number of hydrogen-bond donors (Lipinski definition) is 2. The van der Waals surface area contributed by atoms with Crippen molar-refractivity contribution in [1.29, 1.82) is 0 Å². The van der Waals surface area contributed by atoms with E-state index in [1.807, 2.05) is 0 Å². The van der Waals surface area contributed by atoms with Crippen molar-refractivity contribution >= 4 is 17.6 Å². The lowest BCUT2D eigenvalue weighted by atomic mass is 9.82. The fraction of sp³-hybridized carbons (Fsp3) is 0.0588. The molecular formula is C17H12O5. The van der Waals surface area contributed by atoms with Crippen molar-refractivity contribution in [2.24, 2.45) is 0 Å². The average molecular weight is 296 g/mol. The number of carbonyl (C=O) groups excluding carboxylic acids is 2. The number of aromatic hydroxyl groups is 2. The monoisotopic (exact) mass is 296 g/mol. The van der Waals surface area contributed by atoms with Crippen molar-refractivity contribution < 1.29 is 24.5 Å². The van der Waals surface area contributed by atoms with Crippen LogP contribution in [0.15, 0.2) is 30.8 Å². The Kier molecular flexibility index (Phi) is 2.99. The number of phenols is 2. The summed E-state index contributed by atoms with van der Waals surface area (Å²) in [6, 6.07) is 5.49. The van der Waals surface area contributed by atoms with Gasteiger partial charge in [0.25, 0.3) is 0 Å². The molecule has 1 aliphatic rings. The topological polar surface area (TPSA) is 83.8 Å². The van der Waals surface area contributed by atoms with Gasteiger partial charge in [0.15, 0.2) is 5.78 Å². The highest BCUT2D eigenvalue weighted by Gasteiger charge is 2.35. The average Bonchev–Trinajstić information content (AvgIpc) is 2.50. The summed E-state index contributed by atoms with van der Waals surface area (Å²) in [4.78, 5) is 25.2. The van der Waals surface area contributed by atoms with Gasteiger partial charge < -0.3 is 14.9 Å². The molecule has 2 aromatic rings. The standard InChI is InChI=1S/C17H12O5/c1-3-8-4-10-14(12(18)5-8)17(21)15-11(16(10)20)6-9(22-2)7-13(15)19/h3-7,18-19H,1H2,2H3. The SMILES string of the molecule is C=Cc1cc(O)c2c(c1)C(=O)c1cc(OC)cc(O)c1C2=O. The lowest BCUT2D eigenvalue weighted by Gasteiger charge is -2.20. The van der Waals surface area contributed by atoms with E-state index in [2.05, 4.69) is 6.58 Å². The molecule has 0 atom stereocenters. The van der Waals surface area contributed by atoms with Crippen LogP contribution in [0.3, 0.4) is 0 Å². The van der Waals surface area contributed by atoms with Gasteiger partial charge in [-0.2, -0.15) is 0 Å². The van der Waals surface area contributed by atoms with E-state index in [1.165, 1.54) is 37.5 Å². The summed E-state index contributed by atoms with van der Waals surface area (Å²) < 4.78 is 5.01. The minimum absolute atomic E-state index is 0.0509. The molecule has 0 radical (unpaired) electrons. The van der Waals surface area contributed by atoms with Crippen LogP contribution in [0.5, 0.6) is 17.2 Å². The highest BCUT2D eigenvalue weighted by atomic mass is 16.5. The van der Waals surface area contributed by atoms with E-state index < -0.39 is 11.6 Å². The molecule has 0 amide bonds. The predicted octanol–water partition coefficient (Wildman–Crippen LogP) is 2.52. The quantitative estimate of drug-likeness (QED) is 0.759. The molecule has 0 heterocycles. The normalized spacial score (nSPS) is 12.6. The van der Waals surface area contributed by atoms with Crippen LogP contribution in [0, 0.1) is 0 Å². The number of methoxy groups -OCH3 is 1. The first-order chi connectivity index (χ1) is 10.5. The molecule has 0 saturated heterocycles. The lowest BCUT2D eigenvalue weighted by molar-refractivity contribution is 0.0974. The molecule has 0 unspecified atom stereocenters. The summed E-state index contributed by atoms with van der Waals surface area (Å²) in [5.74, 6) is -1.46. The molecule has 0 saturated carbocycles. The Morgan fingerprint density at radius 3 is 2.14 bits per heavy atom. The van der Waals surface area contributed by atoms with Crippen molar-refractivity contribution in [1.82, 2.24) is 0 Å². The van der Waals surface area contributed by atoms with Gasteiger partial charge in [0.1, 0.15) is 17.2 Å². The number of rotatable bonds is 2. The number of carbonyl (C=O) groups is 2. The van der Waals surface area contributed by atoms with Crippen LogP contribution in [0.2, 0.25) is 0 Å². The van der Waals surface area contributed by atoms with E-state index in [9.17, 15) is 19.8 Å². The fourth-order valence-corrected chi connectivity index (χ4v) is 2.59. The van der Waals surface area contributed by atoms with E-state index in [-0.39, 0.29) is 39.5 Å². The van der Waals surface area contributed by atoms with E-state index in [4.69, 9.17) is 4.74 Å². The second-order valence-corrected chi connectivity index (χ2v) is 4.89. The van der Waals surface area contributed by atoms with Gasteiger partial charge in [-0.3, -0.25) is 9.59 Å². The first kappa shape index (κ1) is 13.9. The molecule has 22 heavy (non-hydrogen) atoms. The Bertz CT molecular complexity index is 849. The predicted molar refractivity (Wildman–Crippen MR) is 79.7 cm³/mol. The summed E-state index contributed by atoms with van der Waals surface area (Å²) in [7, 11) is 1.39. The number of fused-ring (bicyclic) bond motifs is 2. The van der Waals surface area contributed by atoms with Crippen LogP contribution >= 0.6 is 0 Å². The van der Waals surface area contributed by atoms with Gasteiger partial charge in [-0.05, 0) is 23.8 Å². The summed E-state index contributed by atoms with van der Waals surface area (Å²) in [5, 5.41) is 20.1. The molecular weight excluding hydrogens is 284 g/mol. The minimum Gasteiger partial charge on any atom is -0.507 e. The highest BCUT2D eigenvalue weighted by molar-refractivity contribution is 6.30. The van der Waals surface area contributed by atoms with Crippen molar-refractivity contribution in [3.8, 4) is 17.2 Å². The molecule has 1 aliphatic carbocycles. The molecule has 2 aromatic carbocycles. The summed E-state index contributed by atoms with van der Waals surface area (Å²) in [5.41, 5.74) is 0.423. The third-order valence-electron chi connectivity index (χ3n) is 3.65. The van der Waals surface area contributed by atoms with E-state index >= 15 is 0 Å². The fourth-order valence-electron chi connectivity index (χ4n) is 2.59. The molecule has 0 aromatic heterocycles. The number of hydrogen-bond acceptors (Lipinski definition) is 5. The molecule has 2 N–H and O–H groups in total. The summed E-state index contributed by atoms with van der Waals surface area (Å²) in [6.07, 6.45) is 1.47. The minimum atomic E-state index is -0.599. The van der Waals surface area contributed by atoms with Crippen LogP contribution < -0.4 is 4.74 Å². The van der Waals surface area contributed by atoms with Gasteiger partial charge in [-0.15, -0.1) is 0 Å². The molecule has 0 fully saturated rings. The molecule has 5 heteroatoms. The summed E-state index contributed by atoms with van der Waals surface area (Å²) in [6.45, 7) is 3.58. The van der Waals surface area contributed by atoms with Crippen molar-refractivity contribution in [3.05, 3.63) is 58.7 Å². The maximum absolute atomic E-state index is 12.6. The zero-order valence-electron chi connectivity index (χ0n) is 11.7. The Morgan fingerprint density at radius 2 is 1.55 bits per heavy atom. The van der Waals surface area contributed by atoms with E-state index in [0.717, 1.165) is 0 Å². The zero-order chi connectivity index (χ0) is 16.0. The molecule has 3 rings (SSSR count). The number of ether oxygens (including phenoxy) is 1. The maximum atomic E-state index is 12.6. The van der Waals surface area contributed by atoms with Gasteiger partial charge in [0.05, 0.1) is 18.2 Å². The lowest BCUT2D eigenvalue weighted by Crippen LogP contribution is -2.21. The van der Waals surface area contributed by atoms with Gasteiger partial charge in [-0.1, -0.05) is 12.7 Å². The van der Waals surface area contributed by atoms with Crippen LogP contribution in [0.25, 0.3) is 6.08 Å². The Hall–Kier alpha value is -3.08. The Labute approximate surface area is 126 Å². The van der Waals surface area contributed by atoms with Gasteiger partial charge >= 0.3 is 0 Å². The smallest absolute Gasteiger partial charge is 0.201 e. The van der Waals surface area contributed by atoms with Gasteiger partial charge in [0, 0.05) is 17.2 Å². The molecule has 0 bridgehead atoms. The number of phenolic OH excluding ortho intramolecular Hbond substituents is 2. The maximum Gasteiger partial charge on any atom is 0.201 e. The number of benzene rings is 2. The highest BCUT2D eigenvalue weighted by Crippen LogP contribution is 2.39. The van der Waals surface area contributed by atoms with Gasteiger partial charge in [-0.25, -0.2) is 0 Å². The second kappa shape index (κ2) is 4.73. The van der Waals surface area contributed by atoms with E-state index in [0.29, 0.717) is 5.56 Å². The van der Waals surface area contributed by atoms with Crippen molar-refractivity contribution in [2.45, 2.75) is 0 Å². The third kappa shape index (κ3) is 1.79. The van der Waals surface area contributed by atoms with Crippen LogP contribution in [0.4, 0.5) is 0 Å². The largest absolute Gasteiger partial charge is 0.507 e. The Balaban J connectivity index is 2.35. The number of ketones is 2. The summed E-state index contributed by atoms with van der Waals surface area (Å²) >= 11 is 0. The van der Waals surface area contributed by atoms with Crippen molar-refractivity contribution in [3.63, 3.8) is 0 Å². The second-order valence-electron chi connectivity index (χ2n) is 4.89. The van der Waals surface area contributed by atoms with Crippen LogP contribution in [0.1, 0.15) is 37.4 Å². The first-order valence-corrected chi connectivity index (χ1v) is 6.47. The third-order valence-corrected chi connectivity index (χ3v) is 3.65.